The summed E-state index contributed by atoms with van der Waals surface area (Å²) in [6.07, 6.45) is 3.39. The van der Waals surface area contributed by atoms with Gasteiger partial charge in [0, 0.05) is 56.4 Å². The second kappa shape index (κ2) is 14.2. The van der Waals surface area contributed by atoms with Gasteiger partial charge in [-0.15, -0.1) is 21.5 Å². The zero-order valence-corrected chi connectivity index (χ0v) is 27.9. The smallest absolute Gasteiger partial charge is 0.250 e. The summed E-state index contributed by atoms with van der Waals surface area (Å²) in [5.74, 6) is 1.77. The minimum absolute atomic E-state index is 0.0298. The minimum atomic E-state index is 0.0298. The van der Waals surface area contributed by atoms with Crippen LogP contribution in [0.2, 0.25) is 0 Å². The molecule has 256 valence electrons. The molecule has 8 rings (SSSR count). The van der Waals surface area contributed by atoms with Gasteiger partial charge < -0.3 is 37.8 Å². The van der Waals surface area contributed by atoms with E-state index in [0.29, 0.717) is 45.7 Å². The van der Waals surface area contributed by atoms with Gasteiger partial charge in [0.25, 0.3) is 0 Å². The van der Waals surface area contributed by atoms with E-state index in [1.807, 2.05) is 66.0 Å². The Morgan fingerprint density at radius 2 is 1.08 bits per heavy atom. The highest BCUT2D eigenvalue weighted by molar-refractivity contribution is 7.13. The number of benzene rings is 4. The number of hydrogen-bond donors (Lipinski definition) is 6. The van der Waals surface area contributed by atoms with Crippen LogP contribution in [0.25, 0.3) is 66.3 Å². The van der Waals surface area contributed by atoms with E-state index in [1.54, 1.807) is 60.1 Å². The highest BCUT2D eigenvalue weighted by Gasteiger charge is 2.16. The first-order valence-corrected chi connectivity index (χ1v) is 16.5. The summed E-state index contributed by atoms with van der Waals surface area (Å²) in [6.45, 7) is 0. The third-order valence-electron chi connectivity index (χ3n) is 8.16. The van der Waals surface area contributed by atoms with Gasteiger partial charge in [0.1, 0.15) is 16.6 Å². The van der Waals surface area contributed by atoms with Gasteiger partial charge >= 0.3 is 0 Å². The quantitative estimate of drug-likeness (QED) is 0.0480. The summed E-state index contributed by atoms with van der Waals surface area (Å²) in [4.78, 5) is 13.3. The van der Waals surface area contributed by atoms with Crippen molar-refractivity contribution in [3.63, 3.8) is 0 Å². The monoisotopic (exact) mass is 707 g/mol. The lowest BCUT2D eigenvalue weighted by Crippen LogP contribution is -2.12. The molecule has 52 heavy (non-hydrogen) atoms. The highest BCUT2D eigenvalue weighted by atomic mass is 32.1. The standard InChI is InChI=1S/C19H15N5OS.C18H14N6O2/c20-17(24-25)12-7-5-11(6-8-12)16-10-26-19(23-16)15-9-22-18(21)14-4-2-1-3-13(14)15;19-15(24-25)10-5-7-11(8-6-10)17-22-23-18(26-17)14-9-21-16(20)13-4-2-1-3-12(13)14/h1-10,25H,(H2,20,24)(H2,21,22);1-9,25H,(H2,19,24)(H2,20,21). The van der Waals surface area contributed by atoms with E-state index in [1.165, 1.54) is 0 Å². The van der Waals surface area contributed by atoms with Crippen LogP contribution in [0, 0.1) is 0 Å². The number of anilines is 2. The number of amidine groups is 2. The zero-order chi connectivity index (χ0) is 36.2. The van der Waals surface area contributed by atoms with E-state index < -0.39 is 0 Å². The molecule has 0 aliphatic carbocycles. The molecule has 0 bridgehead atoms. The van der Waals surface area contributed by atoms with E-state index in [9.17, 15) is 0 Å². The number of fused-ring (bicyclic) bond motifs is 2. The number of oxime groups is 2. The summed E-state index contributed by atoms with van der Waals surface area (Å²) < 4.78 is 5.82. The molecule has 0 saturated heterocycles. The summed E-state index contributed by atoms with van der Waals surface area (Å²) in [6, 6.07) is 29.8. The molecule has 0 unspecified atom stereocenters. The maximum absolute atomic E-state index is 8.75. The van der Waals surface area contributed by atoms with Gasteiger partial charge in [0.15, 0.2) is 11.7 Å². The van der Waals surface area contributed by atoms with Gasteiger partial charge in [-0.05, 0) is 22.9 Å². The first-order chi connectivity index (χ1) is 25.3. The van der Waals surface area contributed by atoms with Gasteiger partial charge in [-0.3, -0.25) is 0 Å². The maximum atomic E-state index is 8.75. The Hall–Kier alpha value is -7.39. The highest BCUT2D eigenvalue weighted by Crippen LogP contribution is 2.35. The molecular weight excluding hydrogens is 679 g/mol. The first kappa shape index (κ1) is 33.1. The van der Waals surface area contributed by atoms with Gasteiger partial charge in [0.05, 0.1) is 11.3 Å². The van der Waals surface area contributed by atoms with Crippen LogP contribution in [0.1, 0.15) is 11.1 Å². The van der Waals surface area contributed by atoms with E-state index in [2.05, 4.69) is 30.5 Å². The predicted molar refractivity (Wildman–Crippen MR) is 203 cm³/mol. The predicted octanol–water partition coefficient (Wildman–Crippen LogP) is 6.33. The summed E-state index contributed by atoms with van der Waals surface area (Å²) in [5.41, 5.74) is 28.5. The molecule has 0 fully saturated rings. The fourth-order valence-electron chi connectivity index (χ4n) is 5.46. The van der Waals surface area contributed by atoms with Crippen molar-refractivity contribution in [2.24, 2.45) is 21.8 Å². The molecule has 0 spiro atoms. The summed E-state index contributed by atoms with van der Waals surface area (Å²) in [5, 5.41) is 38.2. The number of thiazole rings is 1. The second-order valence-electron chi connectivity index (χ2n) is 11.3. The van der Waals surface area contributed by atoms with Crippen LogP contribution < -0.4 is 22.9 Å². The topological polar surface area (TPSA) is 247 Å². The lowest BCUT2D eigenvalue weighted by Gasteiger charge is -2.05. The number of hydrogen-bond acceptors (Lipinski definition) is 13. The van der Waals surface area contributed by atoms with E-state index >= 15 is 0 Å². The molecule has 8 aromatic rings. The molecule has 0 aliphatic heterocycles. The Kier molecular flexibility index (Phi) is 9.06. The molecule has 0 amide bonds. The van der Waals surface area contributed by atoms with Crippen LogP contribution in [0.15, 0.2) is 130 Å². The average Bonchev–Trinajstić information content (AvgIpc) is 3.90. The molecule has 4 aromatic carbocycles. The minimum Gasteiger partial charge on any atom is -0.416 e. The van der Waals surface area contributed by atoms with Crippen LogP contribution in [-0.4, -0.2) is 47.2 Å². The fourth-order valence-corrected chi connectivity index (χ4v) is 6.31. The number of pyridine rings is 2. The molecular formula is C37H29N11O3S. The summed E-state index contributed by atoms with van der Waals surface area (Å²) in [7, 11) is 0. The molecule has 0 radical (unpaired) electrons. The SMILES string of the molecule is NC(=NO)c1ccc(-c2csc(-c3cnc(N)c4ccccc34)n2)cc1.NC(=NO)c1ccc(-c2nnc(-c3cnc(N)c4ccccc34)o2)cc1. The fraction of sp³-hybridized carbons (Fsp3) is 0. The van der Waals surface area contributed by atoms with Crippen LogP contribution in [0.4, 0.5) is 11.6 Å². The van der Waals surface area contributed by atoms with Crippen LogP contribution in [0.3, 0.4) is 0 Å². The van der Waals surface area contributed by atoms with Crippen molar-refractivity contribution in [3.8, 4) is 44.7 Å². The lowest BCUT2D eigenvalue weighted by atomic mass is 10.1. The van der Waals surface area contributed by atoms with Gasteiger partial charge in [0.2, 0.25) is 11.8 Å². The molecule has 4 heterocycles. The summed E-state index contributed by atoms with van der Waals surface area (Å²) >= 11 is 1.55. The van der Waals surface area contributed by atoms with E-state index in [4.69, 9.17) is 42.8 Å². The lowest BCUT2D eigenvalue weighted by molar-refractivity contribution is 0.318. The van der Waals surface area contributed by atoms with Crippen molar-refractivity contribution >= 4 is 56.2 Å². The van der Waals surface area contributed by atoms with Crippen LogP contribution >= 0.6 is 11.3 Å². The average molecular weight is 708 g/mol. The zero-order valence-electron chi connectivity index (χ0n) is 27.1. The van der Waals surface area contributed by atoms with Gasteiger partial charge in [-0.25, -0.2) is 15.0 Å². The first-order valence-electron chi connectivity index (χ1n) is 15.6. The van der Waals surface area contributed by atoms with Crippen molar-refractivity contribution in [2.75, 3.05) is 11.5 Å². The van der Waals surface area contributed by atoms with E-state index in [0.717, 1.165) is 43.4 Å². The van der Waals surface area contributed by atoms with Crippen LogP contribution in [-0.2, 0) is 0 Å². The number of rotatable bonds is 6. The largest absolute Gasteiger partial charge is 0.416 e. The molecule has 0 aliphatic rings. The molecule has 0 atom stereocenters. The van der Waals surface area contributed by atoms with Crippen molar-refractivity contribution in [1.29, 1.82) is 0 Å². The van der Waals surface area contributed by atoms with Gasteiger partial charge in [-0.2, -0.15) is 0 Å². The van der Waals surface area contributed by atoms with Crippen molar-refractivity contribution in [1.82, 2.24) is 25.1 Å². The van der Waals surface area contributed by atoms with Crippen molar-refractivity contribution in [2.45, 2.75) is 0 Å². The molecule has 0 saturated carbocycles. The molecule has 4 aromatic heterocycles. The van der Waals surface area contributed by atoms with E-state index in [-0.39, 0.29) is 11.7 Å². The van der Waals surface area contributed by atoms with Gasteiger partial charge in [-0.1, -0.05) is 95.2 Å². The number of nitrogens with two attached hydrogens (primary N) is 4. The Bertz CT molecular complexity index is 2420. The normalized spacial score (nSPS) is 11.8. The van der Waals surface area contributed by atoms with Crippen molar-refractivity contribution < 1.29 is 14.8 Å². The molecule has 10 N–H and O–H groups in total. The Morgan fingerprint density at radius 1 is 0.596 bits per heavy atom. The maximum Gasteiger partial charge on any atom is 0.250 e. The Labute approximate surface area is 299 Å². The van der Waals surface area contributed by atoms with Crippen molar-refractivity contribution in [3.05, 3.63) is 126 Å². The number of nitrogen functional groups attached to an aromatic ring is 2. The number of nitrogens with zero attached hydrogens (tertiary/aromatic N) is 7. The van der Waals surface area contributed by atoms with Crippen LogP contribution in [0.5, 0.6) is 0 Å². The Morgan fingerprint density at radius 3 is 1.63 bits per heavy atom. The molecule has 14 nitrogen and oxygen atoms in total. The molecule has 15 heteroatoms. The Balaban J connectivity index is 0.000000162. The third-order valence-corrected chi connectivity index (χ3v) is 9.04. The second-order valence-corrected chi connectivity index (χ2v) is 12.1. The number of aromatic nitrogens is 5. The third kappa shape index (κ3) is 6.49.